The second-order valence-electron chi connectivity index (χ2n) is 6.72. The Morgan fingerprint density at radius 1 is 1.10 bits per heavy atom. The topological polar surface area (TPSA) is 81.4 Å². The molecule has 0 aliphatic heterocycles. The molecule has 0 aliphatic rings. The Morgan fingerprint density at radius 3 is 2.42 bits per heavy atom. The van der Waals surface area contributed by atoms with Crippen molar-refractivity contribution < 1.29 is 22.8 Å². The highest BCUT2D eigenvalue weighted by Gasteiger charge is 2.41. The van der Waals surface area contributed by atoms with E-state index in [1.165, 1.54) is 6.07 Å². The molecule has 7 nitrogen and oxygen atoms in total. The Bertz CT molecular complexity index is 1080. The molecule has 3 aromatic rings. The summed E-state index contributed by atoms with van der Waals surface area (Å²) in [4.78, 5) is 20.4. The van der Waals surface area contributed by atoms with Crippen LogP contribution in [0.15, 0.2) is 54.9 Å². The average molecular weight is 432 g/mol. The van der Waals surface area contributed by atoms with E-state index in [1.807, 2.05) is 6.07 Å². The van der Waals surface area contributed by atoms with Crippen molar-refractivity contribution >= 4 is 11.4 Å². The van der Waals surface area contributed by atoms with E-state index in [9.17, 15) is 23.3 Å². The molecule has 0 saturated carbocycles. The minimum Gasteiger partial charge on any atom is -0.490 e. The molecular formula is C21H19F3N4O3. The minimum atomic E-state index is -4.94. The molecule has 0 radical (unpaired) electrons. The second-order valence-corrected chi connectivity index (χ2v) is 6.72. The lowest BCUT2D eigenvalue weighted by molar-refractivity contribution is -0.389. The molecule has 3 rings (SSSR count). The summed E-state index contributed by atoms with van der Waals surface area (Å²) in [6.45, 7) is 2.19. The number of nitrogens with zero attached hydrogens (tertiary/aromatic N) is 4. The molecule has 1 aromatic carbocycles. The molecule has 0 atom stereocenters. The number of nitro benzene ring substituents is 1. The van der Waals surface area contributed by atoms with Crippen molar-refractivity contribution in [2.24, 2.45) is 0 Å². The lowest BCUT2D eigenvalue weighted by atomic mass is 10.1. The quantitative estimate of drug-likeness (QED) is 0.389. The van der Waals surface area contributed by atoms with E-state index in [4.69, 9.17) is 4.74 Å². The lowest BCUT2D eigenvalue weighted by Gasteiger charge is -2.26. The monoisotopic (exact) mass is 432 g/mol. The maximum absolute atomic E-state index is 13.7. The fourth-order valence-electron chi connectivity index (χ4n) is 3.15. The molecule has 2 aromatic heterocycles. The van der Waals surface area contributed by atoms with Gasteiger partial charge in [-0.25, -0.2) is 0 Å². The van der Waals surface area contributed by atoms with Gasteiger partial charge >= 0.3 is 11.9 Å². The highest BCUT2D eigenvalue weighted by atomic mass is 19.4. The second kappa shape index (κ2) is 8.99. The number of aromatic nitrogens is 2. The van der Waals surface area contributed by atoms with Crippen LogP contribution in [0.5, 0.6) is 5.75 Å². The summed E-state index contributed by atoms with van der Waals surface area (Å²) in [6, 6.07) is 10.8. The Kier molecular flexibility index (Phi) is 6.38. The first kappa shape index (κ1) is 22.0. The predicted molar refractivity (Wildman–Crippen MR) is 108 cm³/mol. The third kappa shape index (κ3) is 5.08. The molecule has 0 unspecified atom stereocenters. The van der Waals surface area contributed by atoms with Crippen LogP contribution in [0, 0.1) is 17.0 Å². The summed E-state index contributed by atoms with van der Waals surface area (Å²) < 4.78 is 46.0. The van der Waals surface area contributed by atoms with Gasteiger partial charge in [-0.3, -0.25) is 20.1 Å². The van der Waals surface area contributed by atoms with Crippen molar-refractivity contribution in [1.82, 2.24) is 9.97 Å². The third-order valence-corrected chi connectivity index (χ3v) is 4.69. The lowest BCUT2D eigenvalue weighted by Crippen LogP contribution is -2.24. The highest BCUT2D eigenvalue weighted by Crippen LogP contribution is 2.44. The molecule has 0 fully saturated rings. The first-order valence-corrected chi connectivity index (χ1v) is 9.19. The summed E-state index contributed by atoms with van der Waals surface area (Å²) in [5, 5.41) is 11.3. The number of pyridine rings is 2. The van der Waals surface area contributed by atoms with E-state index in [-0.39, 0.29) is 18.8 Å². The van der Waals surface area contributed by atoms with Crippen molar-refractivity contribution in [2.45, 2.75) is 26.2 Å². The highest BCUT2D eigenvalue weighted by molar-refractivity contribution is 5.65. The maximum atomic E-state index is 13.7. The number of aryl methyl sites for hydroxylation is 1. The van der Waals surface area contributed by atoms with Gasteiger partial charge in [0.2, 0.25) is 0 Å². The number of benzene rings is 1. The zero-order valence-electron chi connectivity index (χ0n) is 16.8. The van der Waals surface area contributed by atoms with Crippen LogP contribution in [0.25, 0.3) is 0 Å². The Balaban J connectivity index is 2.15. The van der Waals surface area contributed by atoms with Crippen molar-refractivity contribution in [3.8, 4) is 5.75 Å². The van der Waals surface area contributed by atoms with Crippen molar-refractivity contribution in [3.05, 3.63) is 87.5 Å². The van der Waals surface area contributed by atoms with Gasteiger partial charge in [-0.05, 0) is 36.8 Å². The third-order valence-electron chi connectivity index (χ3n) is 4.69. The zero-order valence-corrected chi connectivity index (χ0v) is 16.8. The smallest absolute Gasteiger partial charge is 0.423 e. The molecule has 162 valence electrons. The molecule has 0 N–H and O–H groups in total. The van der Waals surface area contributed by atoms with Crippen molar-refractivity contribution in [3.63, 3.8) is 0 Å². The molecule has 0 saturated heterocycles. The standard InChI is InChI=1S/C21H19F3N4O3/c1-14-15(6-5-9-25-14)12-27(13-16-7-3-4-8-26-16)17-10-18(21(22,23)24)20(28(29)30)19(11-17)31-2/h3-11H,12-13H2,1-2H3. The van der Waals surface area contributed by atoms with E-state index >= 15 is 0 Å². The number of rotatable bonds is 7. The van der Waals surface area contributed by atoms with E-state index in [1.54, 1.807) is 48.5 Å². The number of alkyl halides is 3. The van der Waals surface area contributed by atoms with E-state index in [2.05, 4.69) is 9.97 Å². The fraction of sp³-hybridized carbons (Fsp3) is 0.238. The van der Waals surface area contributed by atoms with Crippen LogP contribution in [0.1, 0.15) is 22.5 Å². The summed E-state index contributed by atoms with van der Waals surface area (Å²) in [5.74, 6) is -0.469. The predicted octanol–water partition coefficient (Wildman–Crippen LogP) is 4.93. The van der Waals surface area contributed by atoms with Crippen molar-refractivity contribution in [2.75, 3.05) is 12.0 Å². The Morgan fingerprint density at radius 2 is 1.84 bits per heavy atom. The van der Waals surface area contributed by atoms with Gasteiger partial charge in [-0.1, -0.05) is 12.1 Å². The number of methoxy groups -OCH3 is 1. The molecular weight excluding hydrogens is 413 g/mol. The minimum absolute atomic E-state index is 0.115. The number of ether oxygens (including phenoxy) is 1. The summed E-state index contributed by atoms with van der Waals surface area (Å²) in [7, 11) is 1.10. The molecule has 0 aliphatic carbocycles. The zero-order chi connectivity index (χ0) is 22.6. The summed E-state index contributed by atoms with van der Waals surface area (Å²) in [5.41, 5.74) is -0.240. The Labute approximate surface area is 176 Å². The molecule has 0 spiro atoms. The van der Waals surface area contributed by atoms with Gasteiger partial charge in [-0.15, -0.1) is 0 Å². The van der Waals surface area contributed by atoms with Gasteiger partial charge in [-0.2, -0.15) is 13.2 Å². The van der Waals surface area contributed by atoms with Gasteiger partial charge in [0.05, 0.1) is 24.3 Å². The average Bonchev–Trinajstić information content (AvgIpc) is 2.73. The van der Waals surface area contributed by atoms with Gasteiger partial charge in [0.25, 0.3) is 0 Å². The van der Waals surface area contributed by atoms with Gasteiger partial charge in [0, 0.05) is 36.4 Å². The molecule has 0 bridgehead atoms. The largest absolute Gasteiger partial charge is 0.490 e. The number of hydrogen-bond acceptors (Lipinski definition) is 6. The first-order chi connectivity index (χ1) is 14.7. The summed E-state index contributed by atoms with van der Waals surface area (Å²) in [6.07, 6.45) is -1.73. The molecule has 0 amide bonds. The maximum Gasteiger partial charge on any atom is 0.423 e. The van der Waals surface area contributed by atoms with Crippen LogP contribution in [0.3, 0.4) is 0 Å². The van der Waals surface area contributed by atoms with Crippen molar-refractivity contribution in [1.29, 1.82) is 0 Å². The van der Waals surface area contributed by atoms with E-state index in [0.717, 1.165) is 24.4 Å². The van der Waals surface area contributed by atoms with Gasteiger partial charge in [0.1, 0.15) is 5.56 Å². The van der Waals surface area contributed by atoms with Crippen LogP contribution >= 0.6 is 0 Å². The molecule has 10 heteroatoms. The van der Waals surface area contributed by atoms with Gasteiger partial charge < -0.3 is 9.64 Å². The van der Waals surface area contributed by atoms with E-state index < -0.39 is 28.1 Å². The SMILES string of the molecule is COc1cc(N(Cc2ccccn2)Cc2cccnc2C)cc(C(F)(F)F)c1[N+](=O)[O-]. The van der Waals surface area contributed by atoms with Crippen LogP contribution in [-0.4, -0.2) is 22.0 Å². The van der Waals surface area contributed by atoms with Gasteiger partial charge in [0.15, 0.2) is 5.75 Å². The molecule has 2 heterocycles. The Hall–Kier alpha value is -3.69. The van der Waals surface area contributed by atoms with Crippen LogP contribution in [0.4, 0.5) is 24.5 Å². The fourth-order valence-corrected chi connectivity index (χ4v) is 3.15. The van der Waals surface area contributed by atoms with Crippen LogP contribution in [-0.2, 0) is 19.3 Å². The first-order valence-electron chi connectivity index (χ1n) is 9.19. The van der Waals surface area contributed by atoms with Crippen LogP contribution < -0.4 is 9.64 Å². The van der Waals surface area contributed by atoms with E-state index in [0.29, 0.717) is 5.69 Å². The number of hydrogen-bond donors (Lipinski definition) is 0. The normalized spacial score (nSPS) is 11.3. The summed E-state index contributed by atoms with van der Waals surface area (Å²) >= 11 is 0. The number of nitro groups is 1. The number of halogens is 3. The number of anilines is 1. The van der Waals surface area contributed by atoms with Crippen LogP contribution in [0.2, 0.25) is 0 Å². The molecule has 31 heavy (non-hydrogen) atoms.